The third-order valence-electron chi connectivity index (χ3n) is 3.31. The number of aryl methyl sites for hydroxylation is 1. The summed E-state index contributed by atoms with van der Waals surface area (Å²) in [5.41, 5.74) is 2.06. The Morgan fingerprint density at radius 2 is 1.81 bits per heavy atom. The number of hydrogen-bond acceptors (Lipinski definition) is 3. The van der Waals surface area contributed by atoms with Crippen LogP contribution in [0.2, 0.25) is 5.02 Å². The Labute approximate surface area is 136 Å². The molecule has 3 rings (SSSR count). The van der Waals surface area contributed by atoms with E-state index in [9.17, 15) is 4.79 Å². The third-order valence-corrected chi connectivity index (χ3v) is 4.48. The summed E-state index contributed by atoms with van der Waals surface area (Å²) in [6.07, 6.45) is 0. The molecule has 0 fully saturated rings. The predicted molar refractivity (Wildman–Crippen MR) is 84.8 cm³/mol. The number of carbonyl (C=O) groups excluding carboxylic acids is 1. The monoisotopic (exact) mass is 366 g/mol. The van der Waals surface area contributed by atoms with E-state index >= 15 is 0 Å². The van der Waals surface area contributed by atoms with Crippen LogP contribution in [-0.4, -0.2) is 19.0 Å². The van der Waals surface area contributed by atoms with Crippen LogP contribution in [0.4, 0.5) is 0 Å². The van der Waals surface area contributed by atoms with Gasteiger partial charge in [0.1, 0.15) is 13.2 Å². The minimum absolute atomic E-state index is 0.141. The van der Waals surface area contributed by atoms with E-state index in [1.807, 2.05) is 13.0 Å². The van der Waals surface area contributed by atoms with Crippen molar-refractivity contribution in [3.8, 4) is 11.5 Å². The fourth-order valence-corrected chi connectivity index (χ4v) is 2.75. The molecule has 5 heteroatoms. The van der Waals surface area contributed by atoms with Crippen molar-refractivity contribution in [3.05, 3.63) is 56.5 Å². The second-order valence-corrected chi connectivity index (χ2v) is 6.03. The van der Waals surface area contributed by atoms with E-state index in [2.05, 4.69) is 15.9 Å². The average molecular weight is 368 g/mol. The Balaban J connectivity index is 2.03. The first-order chi connectivity index (χ1) is 10.1. The minimum atomic E-state index is -0.141. The van der Waals surface area contributed by atoms with Gasteiger partial charge in [-0.15, -0.1) is 0 Å². The number of ketones is 1. The molecule has 0 aromatic heterocycles. The summed E-state index contributed by atoms with van der Waals surface area (Å²) in [4.78, 5) is 12.6. The second kappa shape index (κ2) is 5.70. The van der Waals surface area contributed by atoms with Crippen molar-refractivity contribution in [2.24, 2.45) is 0 Å². The maximum atomic E-state index is 12.6. The van der Waals surface area contributed by atoms with Gasteiger partial charge in [-0.05, 0) is 24.6 Å². The molecule has 0 amide bonds. The zero-order valence-corrected chi connectivity index (χ0v) is 13.6. The van der Waals surface area contributed by atoms with Crippen molar-refractivity contribution in [2.75, 3.05) is 13.2 Å². The van der Waals surface area contributed by atoms with Gasteiger partial charge in [-0.25, -0.2) is 0 Å². The summed E-state index contributed by atoms with van der Waals surface area (Å²) in [5, 5.41) is 0.362. The van der Waals surface area contributed by atoms with E-state index in [-0.39, 0.29) is 5.78 Å². The third kappa shape index (κ3) is 2.78. The van der Waals surface area contributed by atoms with Gasteiger partial charge in [0.25, 0.3) is 0 Å². The fraction of sp³-hybridized carbons (Fsp3) is 0.188. The Kier molecular flexibility index (Phi) is 3.91. The molecule has 108 valence electrons. The quantitative estimate of drug-likeness (QED) is 0.737. The van der Waals surface area contributed by atoms with Gasteiger partial charge in [0, 0.05) is 21.7 Å². The van der Waals surface area contributed by atoms with Gasteiger partial charge < -0.3 is 9.47 Å². The van der Waals surface area contributed by atoms with Crippen LogP contribution >= 0.6 is 27.5 Å². The maximum absolute atomic E-state index is 12.6. The Morgan fingerprint density at radius 1 is 1.14 bits per heavy atom. The highest BCUT2D eigenvalue weighted by Gasteiger charge is 2.20. The zero-order chi connectivity index (χ0) is 15.0. The summed E-state index contributed by atoms with van der Waals surface area (Å²) < 4.78 is 11.8. The first kappa shape index (κ1) is 14.4. The molecule has 1 aliphatic rings. The molecule has 0 N–H and O–H groups in total. The van der Waals surface area contributed by atoms with E-state index in [1.54, 1.807) is 24.3 Å². The molecule has 2 aromatic carbocycles. The molecule has 21 heavy (non-hydrogen) atoms. The highest BCUT2D eigenvalue weighted by atomic mass is 79.9. The fourth-order valence-electron chi connectivity index (χ4n) is 2.13. The molecular weight excluding hydrogens is 356 g/mol. The molecular formula is C16H12BrClO3. The van der Waals surface area contributed by atoms with Crippen molar-refractivity contribution >= 4 is 33.3 Å². The van der Waals surface area contributed by atoms with Crippen LogP contribution in [0.5, 0.6) is 11.5 Å². The second-order valence-electron chi connectivity index (χ2n) is 4.77. The summed E-state index contributed by atoms with van der Waals surface area (Å²) in [7, 11) is 0. The van der Waals surface area contributed by atoms with Crippen molar-refractivity contribution in [2.45, 2.75) is 6.92 Å². The molecule has 0 unspecified atom stereocenters. The van der Waals surface area contributed by atoms with Crippen LogP contribution in [0.15, 0.2) is 34.8 Å². The van der Waals surface area contributed by atoms with Gasteiger partial charge in [-0.2, -0.15) is 0 Å². The molecule has 0 bridgehead atoms. The number of ether oxygens (including phenoxy) is 2. The lowest BCUT2D eigenvalue weighted by Crippen LogP contribution is -2.16. The Hall–Kier alpha value is -1.52. The average Bonchev–Trinajstić information content (AvgIpc) is 2.48. The Morgan fingerprint density at radius 3 is 2.48 bits per heavy atom. The van der Waals surface area contributed by atoms with Gasteiger partial charge in [0.2, 0.25) is 0 Å². The van der Waals surface area contributed by atoms with E-state index in [1.165, 1.54) is 0 Å². The van der Waals surface area contributed by atoms with E-state index in [0.717, 1.165) is 10.0 Å². The minimum Gasteiger partial charge on any atom is -0.486 e. The standard InChI is InChI=1S/C16H12BrClO3/c1-9-2-3-10(6-12(9)17)16(19)11-7-14-15(8-13(11)18)21-5-4-20-14/h2-3,6-8H,4-5H2,1H3. The highest BCUT2D eigenvalue weighted by Crippen LogP contribution is 2.36. The number of halogens is 2. The molecule has 2 aromatic rings. The lowest BCUT2D eigenvalue weighted by Gasteiger charge is -2.19. The molecule has 0 radical (unpaired) electrons. The summed E-state index contributed by atoms with van der Waals surface area (Å²) in [6.45, 7) is 2.93. The van der Waals surface area contributed by atoms with Gasteiger partial charge in [0.05, 0.1) is 5.02 Å². The van der Waals surface area contributed by atoms with Crippen LogP contribution in [0.1, 0.15) is 21.5 Å². The molecule has 1 heterocycles. The van der Waals surface area contributed by atoms with Crippen molar-refractivity contribution in [1.82, 2.24) is 0 Å². The summed E-state index contributed by atoms with van der Waals surface area (Å²) >= 11 is 9.64. The number of hydrogen-bond donors (Lipinski definition) is 0. The first-order valence-corrected chi connectivity index (χ1v) is 7.63. The van der Waals surface area contributed by atoms with Crippen molar-refractivity contribution < 1.29 is 14.3 Å². The molecule has 0 atom stereocenters. The van der Waals surface area contributed by atoms with Crippen LogP contribution in [0, 0.1) is 6.92 Å². The van der Waals surface area contributed by atoms with Crippen molar-refractivity contribution in [1.29, 1.82) is 0 Å². The first-order valence-electron chi connectivity index (χ1n) is 6.46. The van der Waals surface area contributed by atoms with E-state index in [0.29, 0.717) is 40.9 Å². The van der Waals surface area contributed by atoms with Gasteiger partial charge in [-0.3, -0.25) is 4.79 Å². The van der Waals surface area contributed by atoms with Crippen LogP contribution in [0.25, 0.3) is 0 Å². The SMILES string of the molecule is Cc1ccc(C(=O)c2cc3c(cc2Cl)OCCO3)cc1Br. The summed E-state index contributed by atoms with van der Waals surface area (Å²) in [6, 6.07) is 8.75. The molecule has 0 saturated heterocycles. The maximum Gasteiger partial charge on any atom is 0.194 e. The van der Waals surface area contributed by atoms with Crippen LogP contribution in [0.3, 0.4) is 0 Å². The number of rotatable bonds is 2. The summed E-state index contributed by atoms with van der Waals surface area (Å²) in [5.74, 6) is 0.991. The molecule has 0 aliphatic carbocycles. The normalized spacial score (nSPS) is 13.1. The van der Waals surface area contributed by atoms with E-state index < -0.39 is 0 Å². The zero-order valence-electron chi connectivity index (χ0n) is 11.3. The molecule has 3 nitrogen and oxygen atoms in total. The van der Waals surface area contributed by atoms with Gasteiger partial charge >= 0.3 is 0 Å². The molecule has 0 spiro atoms. The lowest BCUT2D eigenvalue weighted by molar-refractivity contribution is 0.103. The largest absolute Gasteiger partial charge is 0.486 e. The number of benzene rings is 2. The lowest BCUT2D eigenvalue weighted by atomic mass is 10.0. The topological polar surface area (TPSA) is 35.5 Å². The molecule has 1 aliphatic heterocycles. The molecule has 0 saturated carbocycles. The smallest absolute Gasteiger partial charge is 0.194 e. The van der Waals surface area contributed by atoms with Gasteiger partial charge in [0.15, 0.2) is 17.3 Å². The number of fused-ring (bicyclic) bond motifs is 1. The van der Waals surface area contributed by atoms with Crippen LogP contribution < -0.4 is 9.47 Å². The Bertz CT molecular complexity index is 728. The van der Waals surface area contributed by atoms with Crippen molar-refractivity contribution in [3.63, 3.8) is 0 Å². The predicted octanol–water partition coefficient (Wildman–Crippen LogP) is 4.41. The number of carbonyl (C=O) groups is 1. The highest BCUT2D eigenvalue weighted by molar-refractivity contribution is 9.10. The van der Waals surface area contributed by atoms with Crippen LogP contribution in [-0.2, 0) is 0 Å². The van der Waals surface area contributed by atoms with E-state index in [4.69, 9.17) is 21.1 Å². The van der Waals surface area contributed by atoms with Gasteiger partial charge in [-0.1, -0.05) is 39.7 Å².